The van der Waals surface area contributed by atoms with Crippen molar-refractivity contribution in [1.29, 1.82) is 0 Å². The summed E-state index contributed by atoms with van der Waals surface area (Å²) in [6, 6.07) is 12.1. The quantitative estimate of drug-likeness (QED) is 0.637. The highest BCUT2D eigenvalue weighted by Crippen LogP contribution is 2.15. The molecular weight excluding hydrogens is 379 g/mol. The van der Waals surface area contributed by atoms with Gasteiger partial charge in [0.25, 0.3) is 11.8 Å². The van der Waals surface area contributed by atoms with E-state index in [1.807, 2.05) is 0 Å². The van der Waals surface area contributed by atoms with Crippen LogP contribution in [-0.2, 0) is 4.79 Å². The number of anilines is 2. The highest BCUT2D eigenvalue weighted by molar-refractivity contribution is 6.03. The molecule has 0 saturated heterocycles. The number of hydrogen-bond acceptors (Lipinski definition) is 6. The molecule has 0 aliphatic heterocycles. The van der Waals surface area contributed by atoms with Crippen molar-refractivity contribution in [2.45, 2.75) is 0 Å². The summed E-state index contributed by atoms with van der Waals surface area (Å²) in [5.41, 5.74) is 1.21. The van der Waals surface area contributed by atoms with Crippen LogP contribution in [0.4, 0.5) is 15.8 Å². The Labute approximate surface area is 165 Å². The van der Waals surface area contributed by atoms with E-state index in [9.17, 15) is 14.0 Å². The maximum atomic E-state index is 12.9. The van der Waals surface area contributed by atoms with Crippen LogP contribution in [0.3, 0.4) is 0 Å². The van der Waals surface area contributed by atoms with Crippen molar-refractivity contribution in [1.82, 2.24) is 9.97 Å². The fraction of sp³-hybridized carbons (Fsp3) is 0.100. The lowest BCUT2D eigenvalue weighted by atomic mass is 10.2. The first-order valence-corrected chi connectivity index (χ1v) is 8.49. The number of aromatic nitrogens is 2. The number of rotatable bonds is 7. The second-order valence-electron chi connectivity index (χ2n) is 5.78. The molecule has 1 aromatic heterocycles. The van der Waals surface area contributed by atoms with Crippen LogP contribution in [0, 0.1) is 5.82 Å². The second-order valence-corrected chi connectivity index (χ2v) is 5.78. The van der Waals surface area contributed by atoms with Gasteiger partial charge in [0, 0.05) is 23.8 Å². The van der Waals surface area contributed by atoms with Gasteiger partial charge in [0.15, 0.2) is 6.61 Å². The summed E-state index contributed by atoms with van der Waals surface area (Å²) >= 11 is 0. The Morgan fingerprint density at radius 2 is 1.52 bits per heavy atom. The number of methoxy groups -OCH3 is 1. The summed E-state index contributed by atoms with van der Waals surface area (Å²) in [5.74, 6) is -0.572. The number of halogens is 1. The van der Waals surface area contributed by atoms with E-state index in [0.717, 1.165) is 0 Å². The van der Waals surface area contributed by atoms with Gasteiger partial charge in [-0.05, 0) is 48.5 Å². The van der Waals surface area contributed by atoms with E-state index in [0.29, 0.717) is 17.1 Å². The topological polar surface area (TPSA) is 102 Å². The number of amides is 2. The summed E-state index contributed by atoms with van der Waals surface area (Å²) in [6.45, 7) is -0.298. The molecule has 148 valence electrons. The van der Waals surface area contributed by atoms with E-state index >= 15 is 0 Å². The number of nitrogens with zero attached hydrogens (tertiary/aromatic N) is 2. The zero-order chi connectivity index (χ0) is 20.6. The van der Waals surface area contributed by atoms with Gasteiger partial charge in [-0.1, -0.05) is 0 Å². The highest BCUT2D eigenvalue weighted by Gasteiger charge is 2.10. The third-order valence-electron chi connectivity index (χ3n) is 3.70. The minimum Gasteiger partial charge on any atom is -0.497 e. The molecule has 2 amide bonds. The van der Waals surface area contributed by atoms with Crippen molar-refractivity contribution >= 4 is 23.2 Å². The zero-order valence-corrected chi connectivity index (χ0v) is 15.4. The van der Waals surface area contributed by atoms with E-state index in [4.69, 9.17) is 9.47 Å². The minimum absolute atomic E-state index is 0.0480. The predicted molar refractivity (Wildman–Crippen MR) is 104 cm³/mol. The van der Waals surface area contributed by atoms with Crippen molar-refractivity contribution < 1.29 is 23.5 Å². The number of carbonyl (C=O) groups excluding carboxylic acids is 2. The molecule has 3 aromatic rings. The van der Waals surface area contributed by atoms with Crippen LogP contribution < -0.4 is 20.1 Å². The lowest BCUT2D eigenvalue weighted by molar-refractivity contribution is -0.118. The molecule has 0 radical (unpaired) electrons. The van der Waals surface area contributed by atoms with Crippen molar-refractivity contribution in [2.75, 3.05) is 24.4 Å². The van der Waals surface area contributed by atoms with Crippen LogP contribution in [0.5, 0.6) is 11.8 Å². The van der Waals surface area contributed by atoms with Crippen molar-refractivity contribution in [2.24, 2.45) is 0 Å². The van der Waals surface area contributed by atoms with E-state index in [2.05, 4.69) is 20.6 Å². The molecule has 9 heteroatoms. The predicted octanol–water partition coefficient (Wildman–Crippen LogP) is 2.89. The summed E-state index contributed by atoms with van der Waals surface area (Å²) in [5, 5.41) is 5.25. The minimum atomic E-state index is -0.458. The van der Waals surface area contributed by atoms with Crippen LogP contribution in [0.15, 0.2) is 60.9 Å². The lowest BCUT2D eigenvalue weighted by Gasteiger charge is -2.08. The maximum absolute atomic E-state index is 12.9. The van der Waals surface area contributed by atoms with Gasteiger partial charge in [-0.2, -0.15) is 0 Å². The Morgan fingerprint density at radius 1 is 0.931 bits per heavy atom. The molecule has 1 heterocycles. The van der Waals surface area contributed by atoms with E-state index in [1.165, 1.54) is 36.7 Å². The molecule has 2 N–H and O–H groups in total. The van der Waals surface area contributed by atoms with E-state index in [1.54, 1.807) is 31.4 Å². The number of ether oxygens (including phenoxy) is 2. The first-order chi connectivity index (χ1) is 14.0. The van der Waals surface area contributed by atoms with Gasteiger partial charge in [0.2, 0.25) is 0 Å². The average Bonchev–Trinajstić information content (AvgIpc) is 2.75. The maximum Gasteiger partial charge on any atom is 0.316 e. The highest BCUT2D eigenvalue weighted by atomic mass is 19.1. The molecule has 0 spiro atoms. The van der Waals surface area contributed by atoms with Crippen LogP contribution in [0.2, 0.25) is 0 Å². The van der Waals surface area contributed by atoms with Crippen LogP contribution >= 0.6 is 0 Å². The molecule has 2 aromatic carbocycles. The summed E-state index contributed by atoms with van der Waals surface area (Å²) in [4.78, 5) is 31.9. The van der Waals surface area contributed by atoms with E-state index < -0.39 is 17.6 Å². The molecule has 3 rings (SSSR count). The van der Waals surface area contributed by atoms with Gasteiger partial charge in [0.1, 0.15) is 11.6 Å². The SMILES string of the molecule is COc1ccc(NC(=O)COc2ncc(C(=O)Nc3ccc(F)cc3)cn2)cc1. The summed E-state index contributed by atoms with van der Waals surface area (Å²) in [6.07, 6.45) is 2.53. The molecule has 0 aliphatic carbocycles. The van der Waals surface area contributed by atoms with Gasteiger partial charge in [-0.3, -0.25) is 9.59 Å². The largest absolute Gasteiger partial charge is 0.497 e. The number of carbonyl (C=O) groups is 2. The standard InChI is InChI=1S/C20H17FN4O4/c1-28-17-8-6-15(7-9-17)24-18(26)12-29-20-22-10-13(11-23-20)19(27)25-16-4-2-14(21)3-5-16/h2-11H,12H2,1H3,(H,24,26)(H,25,27). The van der Waals surface area contributed by atoms with Gasteiger partial charge < -0.3 is 20.1 Å². The smallest absolute Gasteiger partial charge is 0.316 e. The van der Waals surface area contributed by atoms with Crippen LogP contribution in [0.25, 0.3) is 0 Å². The zero-order valence-electron chi connectivity index (χ0n) is 15.4. The number of nitrogens with one attached hydrogen (secondary N) is 2. The van der Waals surface area contributed by atoms with Crippen molar-refractivity contribution in [3.05, 3.63) is 72.3 Å². The fourth-order valence-electron chi connectivity index (χ4n) is 2.25. The molecule has 0 bridgehead atoms. The van der Waals surface area contributed by atoms with Crippen molar-refractivity contribution in [3.63, 3.8) is 0 Å². The van der Waals surface area contributed by atoms with Gasteiger partial charge in [0.05, 0.1) is 12.7 Å². The molecule has 0 atom stereocenters. The molecule has 0 unspecified atom stereocenters. The fourth-order valence-corrected chi connectivity index (χ4v) is 2.25. The van der Waals surface area contributed by atoms with Crippen LogP contribution in [-0.4, -0.2) is 35.5 Å². The van der Waals surface area contributed by atoms with Gasteiger partial charge in [-0.15, -0.1) is 0 Å². The molecule has 0 aliphatic rings. The Kier molecular flexibility index (Phi) is 6.31. The summed E-state index contributed by atoms with van der Waals surface area (Å²) < 4.78 is 23.2. The first kappa shape index (κ1) is 19.7. The number of hydrogen-bond donors (Lipinski definition) is 2. The number of benzene rings is 2. The third kappa shape index (κ3) is 5.73. The Bertz CT molecular complexity index is 977. The Balaban J connectivity index is 1.49. The molecule has 8 nitrogen and oxygen atoms in total. The molecule has 0 saturated carbocycles. The molecule has 0 fully saturated rings. The van der Waals surface area contributed by atoms with Gasteiger partial charge in [-0.25, -0.2) is 14.4 Å². The lowest BCUT2D eigenvalue weighted by Crippen LogP contribution is -2.21. The Hall–Kier alpha value is -4.01. The first-order valence-electron chi connectivity index (χ1n) is 8.49. The summed E-state index contributed by atoms with van der Waals surface area (Å²) in [7, 11) is 1.55. The average molecular weight is 396 g/mol. The van der Waals surface area contributed by atoms with E-state index in [-0.39, 0.29) is 18.2 Å². The second kappa shape index (κ2) is 9.27. The third-order valence-corrected chi connectivity index (χ3v) is 3.70. The van der Waals surface area contributed by atoms with Crippen molar-refractivity contribution in [3.8, 4) is 11.8 Å². The molecule has 29 heavy (non-hydrogen) atoms. The van der Waals surface area contributed by atoms with Crippen LogP contribution in [0.1, 0.15) is 10.4 Å². The van der Waals surface area contributed by atoms with Gasteiger partial charge >= 0.3 is 6.01 Å². The normalized spacial score (nSPS) is 10.1. The Morgan fingerprint density at radius 3 is 2.14 bits per heavy atom. The molecular formula is C20H17FN4O4. The monoisotopic (exact) mass is 396 g/mol.